The highest BCUT2D eigenvalue weighted by Gasteiger charge is 2.34. The number of aromatic nitrogens is 1. The lowest BCUT2D eigenvalue weighted by atomic mass is 10.2. The van der Waals surface area contributed by atoms with Gasteiger partial charge in [-0.3, -0.25) is 14.7 Å². The summed E-state index contributed by atoms with van der Waals surface area (Å²) in [5.41, 5.74) is 2.88. The van der Waals surface area contributed by atoms with E-state index in [1.807, 2.05) is 61.5 Å². The Labute approximate surface area is 184 Å². The first kappa shape index (κ1) is 20.6. The van der Waals surface area contributed by atoms with Gasteiger partial charge in [-0.05, 0) is 59.3 Å². The molecule has 8 heteroatoms. The van der Waals surface area contributed by atoms with Gasteiger partial charge in [0, 0.05) is 32.2 Å². The van der Waals surface area contributed by atoms with Crippen LogP contribution in [0.1, 0.15) is 16.9 Å². The van der Waals surface area contributed by atoms with Crippen molar-refractivity contribution in [1.29, 1.82) is 0 Å². The number of thioether (sulfide) groups is 1. The molecule has 7 nitrogen and oxygen atoms in total. The van der Waals surface area contributed by atoms with Gasteiger partial charge < -0.3 is 9.32 Å². The number of anilines is 1. The molecular formula is C23H21N5O2S. The van der Waals surface area contributed by atoms with E-state index in [0.717, 1.165) is 16.8 Å². The van der Waals surface area contributed by atoms with Gasteiger partial charge in [-0.15, -0.1) is 5.10 Å². The van der Waals surface area contributed by atoms with Crippen LogP contribution in [0.25, 0.3) is 6.08 Å². The number of furan rings is 1. The number of hydrogen-bond donors (Lipinski definition) is 0. The number of carbonyl (C=O) groups excluding carboxylic acids is 1. The van der Waals surface area contributed by atoms with Crippen LogP contribution in [-0.4, -0.2) is 41.3 Å². The predicted octanol–water partition coefficient (Wildman–Crippen LogP) is 4.25. The molecule has 3 heterocycles. The Hall–Kier alpha value is -3.65. The van der Waals surface area contributed by atoms with Crippen molar-refractivity contribution in [3.05, 3.63) is 89.0 Å². The zero-order valence-electron chi connectivity index (χ0n) is 17.2. The normalized spacial score (nSPS) is 16.7. The standard InChI is InChI=1S/C23H21N5O2S/c1-27(2)19-9-7-17(8-10-19)15-25-26-23-28(16-20-6-4-12-30-20)22(29)21(31-23)13-18-5-3-11-24-14-18/h3-15H,16H2,1-2H3/b21-13-,25-15-,26-23+. The molecule has 1 aliphatic heterocycles. The van der Waals surface area contributed by atoms with E-state index in [1.54, 1.807) is 41.9 Å². The SMILES string of the molecule is CN(C)c1ccc(/C=N\N=C2\S/C(=C\c3cccnc3)C(=O)N2Cc2ccco2)cc1. The van der Waals surface area contributed by atoms with Crippen LogP contribution in [-0.2, 0) is 11.3 Å². The van der Waals surface area contributed by atoms with Gasteiger partial charge in [0.1, 0.15) is 5.76 Å². The lowest BCUT2D eigenvalue weighted by Crippen LogP contribution is -2.28. The summed E-state index contributed by atoms with van der Waals surface area (Å²) in [7, 11) is 3.99. The first-order valence-corrected chi connectivity index (χ1v) is 10.4. The van der Waals surface area contributed by atoms with Gasteiger partial charge in [0.25, 0.3) is 5.91 Å². The van der Waals surface area contributed by atoms with Crippen LogP contribution in [0, 0.1) is 0 Å². The van der Waals surface area contributed by atoms with E-state index >= 15 is 0 Å². The van der Waals surface area contributed by atoms with Crippen LogP contribution in [0.4, 0.5) is 5.69 Å². The van der Waals surface area contributed by atoms with Crippen molar-refractivity contribution in [2.24, 2.45) is 10.2 Å². The molecule has 3 aromatic rings. The molecule has 156 valence electrons. The second-order valence-corrected chi connectivity index (χ2v) is 7.99. The maximum absolute atomic E-state index is 13.0. The molecule has 0 unspecified atom stereocenters. The summed E-state index contributed by atoms with van der Waals surface area (Å²) in [6, 6.07) is 15.3. The maximum Gasteiger partial charge on any atom is 0.267 e. The van der Waals surface area contributed by atoms with Crippen LogP contribution >= 0.6 is 11.8 Å². The zero-order valence-corrected chi connectivity index (χ0v) is 18.0. The van der Waals surface area contributed by atoms with Crippen molar-refractivity contribution in [2.45, 2.75) is 6.54 Å². The molecule has 0 spiro atoms. The summed E-state index contributed by atoms with van der Waals surface area (Å²) in [4.78, 5) is 21.3. The topological polar surface area (TPSA) is 74.3 Å². The quantitative estimate of drug-likeness (QED) is 0.331. The minimum Gasteiger partial charge on any atom is -0.467 e. The molecule has 1 amide bonds. The molecule has 0 saturated carbocycles. The maximum atomic E-state index is 13.0. The summed E-state index contributed by atoms with van der Waals surface area (Å²) in [5, 5.41) is 9.04. The highest BCUT2D eigenvalue weighted by molar-refractivity contribution is 8.18. The van der Waals surface area contributed by atoms with E-state index in [2.05, 4.69) is 15.2 Å². The molecule has 1 fully saturated rings. The Morgan fingerprint density at radius 2 is 1.97 bits per heavy atom. The van der Waals surface area contributed by atoms with E-state index in [1.165, 1.54) is 11.8 Å². The number of hydrogen-bond acceptors (Lipinski definition) is 7. The molecule has 1 saturated heterocycles. The fourth-order valence-corrected chi connectivity index (χ4v) is 3.83. The summed E-state index contributed by atoms with van der Waals surface area (Å²) in [6.07, 6.45) is 8.47. The minimum absolute atomic E-state index is 0.144. The van der Waals surface area contributed by atoms with Gasteiger partial charge in [-0.1, -0.05) is 18.2 Å². The smallest absolute Gasteiger partial charge is 0.267 e. The number of nitrogens with zero attached hydrogens (tertiary/aromatic N) is 5. The van der Waals surface area contributed by atoms with Crippen LogP contribution in [0.3, 0.4) is 0 Å². The third-order valence-electron chi connectivity index (χ3n) is 4.52. The van der Waals surface area contributed by atoms with Crippen LogP contribution < -0.4 is 4.90 Å². The highest BCUT2D eigenvalue weighted by Crippen LogP contribution is 2.33. The highest BCUT2D eigenvalue weighted by atomic mass is 32.2. The Morgan fingerprint density at radius 3 is 2.65 bits per heavy atom. The summed E-state index contributed by atoms with van der Waals surface area (Å²) < 4.78 is 5.42. The predicted molar refractivity (Wildman–Crippen MR) is 125 cm³/mol. The molecule has 0 atom stereocenters. The molecule has 4 rings (SSSR count). The van der Waals surface area contributed by atoms with Crippen molar-refractivity contribution >= 4 is 40.8 Å². The third-order valence-corrected chi connectivity index (χ3v) is 5.52. The number of rotatable bonds is 6. The van der Waals surface area contributed by atoms with Crippen molar-refractivity contribution in [1.82, 2.24) is 9.88 Å². The molecule has 0 N–H and O–H groups in total. The molecule has 0 aliphatic carbocycles. The van der Waals surface area contributed by atoms with Gasteiger partial charge in [0.2, 0.25) is 0 Å². The van der Waals surface area contributed by atoms with Gasteiger partial charge in [0.05, 0.1) is 23.9 Å². The second kappa shape index (κ2) is 9.44. The van der Waals surface area contributed by atoms with Crippen molar-refractivity contribution in [2.75, 3.05) is 19.0 Å². The molecule has 2 aromatic heterocycles. The van der Waals surface area contributed by atoms with Gasteiger partial charge in [0.15, 0.2) is 5.17 Å². The summed E-state index contributed by atoms with van der Waals surface area (Å²) in [6.45, 7) is 0.287. The van der Waals surface area contributed by atoms with E-state index in [0.29, 0.717) is 15.8 Å². The van der Waals surface area contributed by atoms with Crippen molar-refractivity contribution in [3.63, 3.8) is 0 Å². The lowest BCUT2D eigenvalue weighted by molar-refractivity contribution is -0.122. The van der Waals surface area contributed by atoms with Crippen LogP contribution in [0.15, 0.2) is 86.7 Å². The van der Waals surface area contributed by atoms with Gasteiger partial charge in [-0.2, -0.15) is 5.10 Å². The fraction of sp³-hybridized carbons (Fsp3) is 0.130. The van der Waals surface area contributed by atoms with Gasteiger partial charge in [-0.25, -0.2) is 0 Å². The molecular weight excluding hydrogens is 410 g/mol. The van der Waals surface area contributed by atoms with E-state index in [4.69, 9.17) is 4.42 Å². The first-order chi connectivity index (χ1) is 15.1. The van der Waals surface area contributed by atoms with E-state index < -0.39 is 0 Å². The summed E-state index contributed by atoms with van der Waals surface area (Å²) >= 11 is 1.28. The Morgan fingerprint density at radius 1 is 1.13 bits per heavy atom. The number of benzene rings is 1. The third kappa shape index (κ3) is 5.10. The van der Waals surface area contributed by atoms with Crippen molar-refractivity contribution in [3.8, 4) is 0 Å². The zero-order chi connectivity index (χ0) is 21.6. The fourth-order valence-electron chi connectivity index (χ4n) is 2.90. The lowest BCUT2D eigenvalue weighted by Gasteiger charge is -2.12. The summed E-state index contributed by atoms with van der Waals surface area (Å²) in [5.74, 6) is 0.530. The number of carbonyl (C=O) groups is 1. The van der Waals surface area contributed by atoms with Crippen LogP contribution in [0.2, 0.25) is 0 Å². The average molecular weight is 432 g/mol. The molecule has 1 aliphatic rings. The largest absolute Gasteiger partial charge is 0.467 e. The van der Waals surface area contributed by atoms with Crippen molar-refractivity contribution < 1.29 is 9.21 Å². The molecule has 0 bridgehead atoms. The second-order valence-electron chi connectivity index (χ2n) is 6.98. The average Bonchev–Trinajstić information content (AvgIpc) is 3.39. The molecule has 0 radical (unpaired) electrons. The Balaban J connectivity index is 1.58. The Kier molecular flexibility index (Phi) is 6.28. The number of amidine groups is 1. The molecule has 1 aromatic carbocycles. The van der Waals surface area contributed by atoms with E-state index in [-0.39, 0.29) is 12.5 Å². The van der Waals surface area contributed by atoms with E-state index in [9.17, 15) is 4.79 Å². The number of pyridine rings is 1. The monoisotopic (exact) mass is 431 g/mol. The van der Waals surface area contributed by atoms with Gasteiger partial charge >= 0.3 is 0 Å². The number of amides is 1. The minimum atomic E-state index is -0.144. The van der Waals surface area contributed by atoms with Crippen LogP contribution in [0.5, 0.6) is 0 Å². The molecule has 31 heavy (non-hydrogen) atoms. The first-order valence-electron chi connectivity index (χ1n) is 9.62. The Bertz CT molecular complexity index is 1120.